The van der Waals surface area contributed by atoms with Gasteiger partial charge in [-0.05, 0) is 43.0 Å². The second-order valence-electron chi connectivity index (χ2n) is 5.10. The third-order valence-corrected chi connectivity index (χ3v) is 3.43. The molecule has 0 bridgehead atoms. The summed E-state index contributed by atoms with van der Waals surface area (Å²) in [5, 5.41) is 3.47. The van der Waals surface area contributed by atoms with E-state index in [1.54, 1.807) is 6.07 Å². The van der Waals surface area contributed by atoms with Crippen LogP contribution >= 0.6 is 0 Å². The number of halogens is 3. The van der Waals surface area contributed by atoms with Gasteiger partial charge >= 0.3 is 6.18 Å². The maximum Gasteiger partial charge on any atom is 0.411 e. The Balaban J connectivity index is 1.92. The van der Waals surface area contributed by atoms with E-state index < -0.39 is 12.8 Å². The first-order valence-corrected chi connectivity index (χ1v) is 7.13. The number of nitrogens with one attached hydrogen (secondary N) is 1. The molecular formula is C15H20F3NO2. The van der Waals surface area contributed by atoms with E-state index in [0.29, 0.717) is 11.8 Å². The quantitative estimate of drug-likeness (QED) is 0.617. The largest absolute Gasteiger partial charge is 0.467 e. The Morgan fingerprint density at radius 3 is 2.86 bits per heavy atom. The Morgan fingerprint density at radius 1 is 1.33 bits per heavy atom. The van der Waals surface area contributed by atoms with E-state index in [-0.39, 0.29) is 6.79 Å². The van der Waals surface area contributed by atoms with Crippen molar-refractivity contribution in [3.05, 3.63) is 29.3 Å². The van der Waals surface area contributed by atoms with Crippen molar-refractivity contribution < 1.29 is 22.6 Å². The normalized spacial score (nSPS) is 17.8. The lowest BCUT2D eigenvalue weighted by atomic mass is 10.1. The molecule has 1 aromatic rings. The summed E-state index contributed by atoms with van der Waals surface area (Å²) < 4.78 is 45.8. The third-order valence-electron chi connectivity index (χ3n) is 3.43. The number of hydrogen-bond donors (Lipinski definition) is 1. The van der Waals surface area contributed by atoms with Crippen molar-refractivity contribution in [1.29, 1.82) is 0 Å². The van der Waals surface area contributed by atoms with Crippen molar-refractivity contribution in [2.75, 3.05) is 19.9 Å². The Bertz CT molecular complexity index is 463. The first-order valence-electron chi connectivity index (χ1n) is 7.13. The molecule has 2 rings (SSSR count). The topological polar surface area (TPSA) is 30.5 Å². The van der Waals surface area contributed by atoms with Crippen molar-refractivity contribution in [2.24, 2.45) is 0 Å². The molecule has 0 aromatic heterocycles. The van der Waals surface area contributed by atoms with Crippen molar-refractivity contribution in [2.45, 2.75) is 38.4 Å². The lowest BCUT2D eigenvalue weighted by Crippen LogP contribution is -2.20. The van der Waals surface area contributed by atoms with Crippen molar-refractivity contribution in [3.63, 3.8) is 0 Å². The molecule has 0 radical (unpaired) electrons. The number of fused-ring (bicyclic) bond motifs is 1. The zero-order valence-electron chi connectivity index (χ0n) is 12.0. The maximum absolute atomic E-state index is 12.0. The number of rotatable bonds is 7. The van der Waals surface area contributed by atoms with Gasteiger partial charge in [-0.3, -0.25) is 0 Å². The highest BCUT2D eigenvalue weighted by Gasteiger charge is 2.28. The molecule has 0 heterocycles. The predicted octanol–water partition coefficient (Wildman–Crippen LogP) is 3.59. The van der Waals surface area contributed by atoms with Gasteiger partial charge in [-0.25, -0.2) is 0 Å². The van der Waals surface area contributed by atoms with Crippen LogP contribution in [0.1, 0.15) is 36.9 Å². The van der Waals surface area contributed by atoms with Crippen molar-refractivity contribution >= 4 is 0 Å². The number of alkyl halides is 3. The van der Waals surface area contributed by atoms with E-state index >= 15 is 0 Å². The average molecular weight is 303 g/mol. The van der Waals surface area contributed by atoms with Crippen LogP contribution in [0.25, 0.3) is 0 Å². The summed E-state index contributed by atoms with van der Waals surface area (Å²) in [6, 6.07) is 5.99. The molecule has 1 unspecified atom stereocenters. The fourth-order valence-electron chi connectivity index (χ4n) is 2.55. The molecule has 6 heteroatoms. The zero-order chi connectivity index (χ0) is 15.3. The summed E-state index contributed by atoms with van der Waals surface area (Å²) in [5.41, 5.74) is 2.25. The molecule has 0 saturated carbocycles. The Hall–Kier alpha value is -1.27. The highest BCUT2D eigenvalue weighted by molar-refractivity contribution is 5.45. The van der Waals surface area contributed by atoms with Gasteiger partial charge in [0.1, 0.15) is 12.4 Å². The average Bonchev–Trinajstić information content (AvgIpc) is 2.84. The van der Waals surface area contributed by atoms with Crippen LogP contribution in [0.3, 0.4) is 0 Å². The van der Waals surface area contributed by atoms with E-state index in [2.05, 4.69) is 17.0 Å². The molecule has 118 valence electrons. The van der Waals surface area contributed by atoms with E-state index in [4.69, 9.17) is 4.74 Å². The Morgan fingerprint density at radius 2 is 2.14 bits per heavy atom. The lowest BCUT2D eigenvalue weighted by Gasteiger charge is -2.15. The van der Waals surface area contributed by atoms with Gasteiger partial charge in [0.15, 0.2) is 6.79 Å². The van der Waals surface area contributed by atoms with Crippen molar-refractivity contribution in [1.82, 2.24) is 5.32 Å². The Labute approximate surface area is 122 Å². The molecule has 1 atom stereocenters. The van der Waals surface area contributed by atoms with Crippen LogP contribution in [0.4, 0.5) is 13.2 Å². The highest BCUT2D eigenvalue weighted by Crippen LogP contribution is 2.36. The molecule has 3 nitrogen and oxygen atoms in total. The summed E-state index contributed by atoms with van der Waals surface area (Å²) in [4.78, 5) is 0. The van der Waals surface area contributed by atoms with Gasteiger partial charge in [-0.15, -0.1) is 0 Å². The molecule has 0 saturated heterocycles. The van der Waals surface area contributed by atoms with Gasteiger partial charge in [0.2, 0.25) is 0 Å². The summed E-state index contributed by atoms with van der Waals surface area (Å²) in [6.07, 6.45) is -1.41. The minimum atomic E-state index is -4.32. The van der Waals surface area contributed by atoms with Gasteiger partial charge < -0.3 is 14.8 Å². The molecule has 0 amide bonds. The molecule has 0 spiro atoms. The minimum Gasteiger partial charge on any atom is -0.467 e. The van der Waals surface area contributed by atoms with Crippen LogP contribution in [0, 0.1) is 0 Å². The molecule has 1 aliphatic rings. The molecule has 21 heavy (non-hydrogen) atoms. The van der Waals surface area contributed by atoms with Crippen LogP contribution in [0.5, 0.6) is 5.75 Å². The molecule has 1 aliphatic carbocycles. The van der Waals surface area contributed by atoms with E-state index in [9.17, 15) is 13.2 Å². The van der Waals surface area contributed by atoms with Crippen LogP contribution in [-0.4, -0.2) is 26.1 Å². The van der Waals surface area contributed by atoms with Crippen LogP contribution in [0.2, 0.25) is 0 Å². The second-order valence-corrected chi connectivity index (χ2v) is 5.10. The summed E-state index contributed by atoms with van der Waals surface area (Å²) in [7, 11) is 0. The molecular weight excluding hydrogens is 283 g/mol. The summed E-state index contributed by atoms with van der Waals surface area (Å²) >= 11 is 0. The third kappa shape index (κ3) is 4.61. The summed E-state index contributed by atoms with van der Waals surface area (Å²) in [6.45, 7) is 1.38. The fourth-order valence-corrected chi connectivity index (χ4v) is 2.55. The van der Waals surface area contributed by atoms with Gasteiger partial charge in [0.05, 0.1) is 0 Å². The zero-order valence-corrected chi connectivity index (χ0v) is 12.0. The minimum absolute atomic E-state index is 0.305. The van der Waals surface area contributed by atoms with Crippen LogP contribution < -0.4 is 10.1 Å². The monoisotopic (exact) mass is 303 g/mol. The Kier molecular flexibility index (Phi) is 5.47. The smallest absolute Gasteiger partial charge is 0.411 e. The van der Waals surface area contributed by atoms with E-state index in [1.807, 2.05) is 12.1 Å². The summed E-state index contributed by atoms with van der Waals surface area (Å²) in [5.74, 6) is 0.621. The second kappa shape index (κ2) is 7.13. The molecule has 0 fully saturated rings. The highest BCUT2D eigenvalue weighted by atomic mass is 19.4. The van der Waals surface area contributed by atoms with Gasteiger partial charge in [0.25, 0.3) is 0 Å². The SMILES string of the molecule is CCCNC1CCc2c(OCOCC(F)(F)F)cccc21. The maximum atomic E-state index is 12.0. The van der Waals surface area contributed by atoms with Gasteiger partial charge in [0, 0.05) is 6.04 Å². The number of ether oxygens (including phenoxy) is 2. The van der Waals surface area contributed by atoms with Crippen LogP contribution in [-0.2, 0) is 11.2 Å². The van der Waals surface area contributed by atoms with Gasteiger partial charge in [-0.2, -0.15) is 13.2 Å². The molecule has 0 aliphatic heterocycles. The van der Waals surface area contributed by atoms with Gasteiger partial charge in [-0.1, -0.05) is 19.1 Å². The first kappa shape index (κ1) is 16.1. The lowest BCUT2D eigenvalue weighted by molar-refractivity contribution is -0.186. The van der Waals surface area contributed by atoms with Crippen LogP contribution in [0.15, 0.2) is 18.2 Å². The standard InChI is InChI=1S/C15H20F3NO2/c1-2-8-19-13-7-6-12-11(13)4-3-5-14(12)21-10-20-9-15(16,17)18/h3-5,13,19H,2,6-10H2,1H3. The first-order chi connectivity index (χ1) is 10.0. The van der Waals surface area contributed by atoms with E-state index in [1.165, 1.54) is 5.56 Å². The fraction of sp³-hybridized carbons (Fsp3) is 0.600. The molecule has 1 N–H and O–H groups in total. The number of hydrogen-bond acceptors (Lipinski definition) is 3. The number of benzene rings is 1. The predicted molar refractivity (Wildman–Crippen MR) is 73.3 cm³/mol. The van der Waals surface area contributed by atoms with Crippen molar-refractivity contribution in [3.8, 4) is 5.75 Å². The molecule has 1 aromatic carbocycles. The van der Waals surface area contributed by atoms with E-state index in [0.717, 1.165) is 31.4 Å².